The number of anilines is 1. The first-order chi connectivity index (χ1) is 11.1. The zero-order valence-corrected chi connectivity index (χ0v) is 13.8. The van der Waals surface area contributed by atoms with Crippen LogP contribution in [0.1, 0.15) is 25.6 Å². The van der Waals surface area contributed by atoms with E-state index in [1.54, 1.807) is 7.11 Å². The molecule has 1 aliphatic rings. The van der Waals surface area contributed by atoms with Gasteiger partial charge in [-0.2, -0.15) is 0 Å². The Balaban J connectivity index is 1.84. The number of fused-ring (bicyclic) bond motifs is 1. The molecule has 122 valence electrons. The van der Waals surface area contributed by atoms with E-state index in [0.29, 0.717) is 23.9 Å². The molecule has 0 fully saturated rings. The molecule has 5 nitrogen and oxygen atoms in total. The molecule has 23 heavy (non-hydrogen) atoms. The third-order valence-corrected chi connectivity index (χ3v) is 4.33. The maximum Gasteiger partial charge on any atom is 0.322 e. The van der Waals surface area contributed by atoms with Crippen molar-refractivity contribution in [2.45, 2.75) is 26.4 Å². The molecule has 0 saturated carbocycles. The summed E-state index contributed by atoms with van der Waals surface area (Å²) in [5.41, 5.74) is 1.89. The Morgan fingerprint density at radius 2 is 2.00 bits per heavy atom. The molecule has 2 amide bonds. The monoisotopic (exact) mass is 313 g/mol. The van der Waals surface area contributed by atoms with Crippen LogP contribution in [0, 0.1) is 5.92 Å². The van der Waals surface area contributed by atoms with Crippen LogP contribution < -0.4 is 10.1 Å². The number of carbonyl (C=O) groups is 1. The number of ether oxygens (including phenoxy) is 1. The van der Waals surface area contributed by atoms with Gasteiger partial charge in [0.1, 0.15) is 5.75 Å². The summed E-state index contributed by atoms with van der Waals surface area (Å²) in [6, 6.07) is 11.6. The number of hydrogen-bond donors (Lipinski definition) is 1. The van der Waals surface area contributed by atoms with Crippen molar-refractivity contribution in [3.05, 3.63) is 48.3 Å². The van der Waals surface area contributed by atoms with Gasteiger partial charge in [0.2, 0.25) is 0 Å². The molecule has 1 atom stereocenters. The van der Waals surface area contributed by atoms with Crippen LogP contribution in [-0.2, 0) is 6.54 Å². The van der Waals surface area contributed by atoms with Gasteiger partial charge in [-0.05, 0) is 30.2 Å². The van der Waals surface area contributed by atoms with Crippen molar-refractivity contribution in [3.8, 4) is 5.75 Å². The standard InChI is InChI=1S/C18H23N3O2/c1-13(2)17-15-8-6-10-20(15)11-12-21(17)18(22)19-14-7-4-5-9-16(14)23-3/h4-10,13,17H,11-12H2,1-3H3,(H,19,22). The fraction of sp³-hybridized carbons (Fsp3) is 0.389. The topological polar surface area (TPSA) is 46.5 Å². The van der Waals surface area contributed by atoms with Crippen molar-refractivity contribution in [2.24, 2.45) is 5.92 Å². The summed E-state index contributed by atoms with van der Waals surface area (Å²) in [6.45, 7) is 5.82. The van der Waals surface area contributed by atoms with E-state index in [0.717, 1.165) is 6.54 Å². The number of nitrogens with zero attached hydrogens (tertiary/aromatic N) is 2. The van der Waals surface area contributed by atoms with Gasteiger partial charge in [-0.1, -0.05) is 26.0 Å². The molecule has 1 aromatic carbocycles. The van der Waals surface area contributed by atoms with Gasteiger partial charge in [-0.15, -0.1) is 0 Å². The molecule has 3 rings (SSSR count). The highest BCUT2D eigenvalue weighted by atomic mass is 16.5. The lowest BCUT2D eigenvalue weighted by Gasteiger charge is -2.39. The van der Waals surface area contributed by atoms with Crippen LogP contribution in [0.2, 0.25) is 0 Å². The highest BCUT2D eigenvalue weighted by molar-refractivity contribution is 5.91. The molecule has 2 aromatic rings. The van der Waals surface area contributed by atoms with Gasteiger partial charge < -0.3 is 19.5 Å². The fourth-order valence-electron chi connectivity index (χ4n) is 3.28. The molecule has 0 aliphatic carbocycles. The zero-order valence-electron chi connectivity index (χ0n) is 13.8. The number of benzene rings is 1. The molecule has 1 unspecified atom stereocenters. The second-order valence-corrected chi connectivity index (χ2v) is 6.14. The Hall–Kier alpha value is -2.43. The molecule has 0 radical (unpaired) electrons. The molecular weight excluding hydrogens is 290 g/mol. The predicted octanol–water partition coefficient (Wildman–Crippen LogP) is 3.74. The van der Waals surface area contributed by atoms with E-state index >= 15 is 0 Å². The average Bonchev–Trinajstić information content (AvgIpc) is 3.02. The number of methoxy groups -OCH3 is 1. The van der Waals surface area contributed by atoms with Crippen molar-refractivity contribution in [3.63, 3.8) is 0 Å². The fourth-order valence-corrected chi connectivity index (χ4v) is 3.28. The number of para-hydroxylation sites is 2. The Morgan fingerprint density at radius 3 is 2.74 bits per heavy atom. The second kappa shape index (κ2) is 6.36. The molecule has 0 bridgehead atoms. The van der Waals surface area contributed by atoms with E-state index in [4.69, 9.17) is 4.74 Å². The molecule has 1 aromatic heterocycles. The van der Waals surface area contributed by atoms with E-state index in [1.165, 1.54) is 5.69 Å². The molecule has 0 saturated heterocycles. The molecule has 5 heteroatoms. The van der Waals surface area contributed by atoms with Crippen LogP contribution >= 0.6 is 0 Å². The van der Waals surface area contributed by atoms with Crippen LogP contribution in [0.25, 0.3) is 0 Å². The number of carbonyl (C=O) groups excluding carboxylic acids is 1. The number of rotatable bonds is 3. The summed E-state index contributed by atoms with van der Waals surface area (Å²) >= 11 is 0. The van der Waals surface area contributed by atoms with Gasteiger partial charge in [0.25, 0.3) is 0 Å². The Morgan fingerprint density at radius 1 is 1.22 bits per heavy atom. The zero-order chi connectivity index (χ0) is 16.4. The van der Waals surface area contributed by atoms with Gasteiger partial charge in [0.05, 0.1) is 18.8 Å². The van der Waals surface area contributed by atoms with Crippen LogP contribution in [0.3, 0.4) is 0 Å². The van der Waals surface area contributed by atoms with Crippen molar-refractivity contribution in [1.29, 1.82) is 0 Å². The molecular formula is C18H23N3O2. The van der Waals surface area contributed by atoms with E-state index in [2.05, 4.69) is 36.0 Å². The highest BCUT2D eigenvalue weighted by Crippen LogP contribution is 2.33. The summed E-state index contributed by atoms with van der Waals surface area (Å²) in [5, 5.41) is 2.99. The van der Waals surface area contributed by atoms with Crippen LogP contribution in [0.15, 0.2) is 42.6 Å². The summed E-state index contributed by atoms with van der Waals surface area (Å²) in [4.78, 5) is 14.8. The minimum atomic E-state index is -0.0827. The van der Waals surface area contributed by atoms with Crippen LogP contribution in [0.4, 0.5) is 10.5 Å². The number of amides is 2. The lowest BCUT2D eigenvalue weighted by atomic mass is 9.97. The van der Waals surface area contributed by atoms with Gasteiger partial charge in [0.15, 0.2) is 0 Å². The molecule has 1 aliphatic heterocycles. The van der Waals surface area contributed by atoms with Crippen LogP contribution in [0.5, 0.6) is 5.75 Å². The lowest BCUT2D eigenvalue weighted by Crippen LogP contribution is -2.45. The minimum absolute atomic E-state index is 0.0773. The normalized spacial score (nSPS) is 17.0. The average molecular weight is 313 g/mol. The quantitative estimate of drug-likeness (QED) is 0.938. The number of aromatic nitrogens is 1. The first-order valence-corrected chi connectivity index (χ1v) is 7.97. The summed E-state index contributed by atoms with van der Waals surface area (Å²) in [5.74, 6) is 1.01. The SMILES string of the molecule is COc1ccccc1NC(=O)N1CCn2cccc2C1C(C)C. The number of nitrogens with one attached hydrogen (secondary N) is 1. The number of hydrogen-bond acceptors (Lipinski definition) is 2. The van der Waals surface area contributed by atoms with Crippen molar-refractivity contribution in [1.82, 2.24) is 9.47 Å². The van der Waals surface area contributed by atoms with Gasteiger partial charge >= 0.3 is 6.03 Å². The van der Waals surface area contributed by atoms with E-state index < -0.39 is 0 Å². The lowest BCUT2D eigenvalue weighted by molar-refractivity contribution is 0.144. The highest BCUT2D eigenvalue weighted by Gasteiger charge is 2.33. The van der Waals surface area contributed by atoms with Crippen molar-refractivity contribution in [2.75, 3.05) is 19.0 Å². The second-order valence-electron chi connectivity index (χ2n) is 6.14. The molecule has 0 spiro atoms. The van der Waals surface area contributed by atoms with Crippen LogP contribution in [-0.4, -0.2) is 29.2 Å². The first-order valence-electron chi connectivity index (χ1n) is 7.97. The van der Waals surface area contributed by atoms with Crippen molar-refractivity contribution >= 4 is 11.7 Å². The number of urea groups is 1. The maximum atomic E-state index is 12.8. The summed E-state index contributed by atoms with van der Waals surface area (Å²) in [6.07, 6.45) is 2.08. The third kappa shape index (κ3) is 2.91. The third-order valence-electron chi connectivity index (χ3n) is 4.33. The van der Waals surface area contributed by atoms with E-state index in [9.17, 15) is 4.79 Å². The molecule has 2 heterocycles. The van der Waals surface area contributed by atoms with Gasteiger partial charge in [-0.25, -0.2) is 4.79 Å². The summed E-state index contributed by atoms with van der Waals surface area (Å²) < 4.78 is 7.55. The predicted molar refractivity (Wildman–Crippen MR) is 90.7 cm³/mol. The maximum absolute atomic E-state index is 12.8. The smallest absolute Gasteiger partial charge is 0.322 e. The van der Waals surface area contributed by atoms with Crippen molar-refractivity contribution < 1.29 is 9.53 Å². The minimum Gasteiger partial charge on any atom is -0.495 e. The van der Waals surface area contributed by atoms with Gasteiger partial charge in [-0.3, -0.25) is 0 Å². The summed E-state index contributed by atoms with van der Waals surface area (Å²) in [7, 11) is 1.61. The van der Waals surface area contributed by atoms with E-state index in [1.807, 2.05) is 35.2 Å². The van der Waals surface area contributed by atoms with Gasteiger partial charge in [0, 0.05) is 25.0 Å². The first kappa shape index (κ1) is 15.5. The Kier molecular flexibility index (Phi) is 4.28. The molecule has 1 N–H and O–H groups in total. The Bertz CT molecular complexity index is 693. The van der Waals surface area contributed by atoms with E-state index in [-0.39, 0.29) is 12.1 Å². The largest absolute Gasteiger partial charge is 0.495 e. The Labute approximate surface area is 136 Å².